The maximum atomic E-state index is 5.94. The summed E-state index contributed by atoms with van der Waals surface area (Å²) in [6.45, 7) is 0.943. The lowest BCUT2D eigenvalue weighted by Gasteiger charge is -2.33. The minimum Gasteiger partial charge on any atom is -0.493 e. The molecule has 0 amide bonds. The molecule has 0 saturated heterocycles. The van der Waals surface area contributed by atoms with Crippen LogP contribution in [0.3, 0.4) is 0 Å². The first-order valence-electron chi connectivity index (χ1n) is 11.1. The molecule has 0 saturated carbocycles. The van der Waals surface area contributed by atoms with Gasteiger partial charge in [0.15, 0.2) is 23.0 Å². The fourth-order valence-electron chi connectivity index (χ4n) is 5.19. The van der Waals surface area contributed by atoms with Crippen LogP contribution in [-0.4, -0.2) is 42.0 Å². The van der Waals surface area contributed by atoms with Gasteiger partial charge in [-0.05, 0) is 52.1 Å². The maximum Gasteiger partial charge on any atom is 0.169 e. The summed E-state index contributed by atoms with van der Waals surface area (Å²) in [4.78, 5) is 2.37. The van der Waals surface area contributed by atoms with Crippen LogP contribution in [-0.2, 0) is 12.8 Å². The number of fused-ring (bicyclic) bond motifs is 2. The van der Waals surface area contributed by atoms with Crippen LogP contribution in [0.2, 0.25) is 0 Å². The molecule has 170 valence electrons. The van der Waals surface area contributed by atoms with Gasteiger partial charge in [0.1, 0.15) is 0 Å². The first kappa shape index (κ1) is 21.3. The average Bonchev–Trinajstić information content (AvgIpc) is 2.86. The SMILES string of the molecule is COc1cc2c(Cc3ccccc3)c3c4c(cc(OC)c(OC)c4c2cc1OC)CCN3C. The van der Waals surface area contributed by atoms with E-state index in [1.54, 1.807) is 28.4 Å². The molecule has 0 fully saturated rings. The lowest BCUT2D eigenvalue weighted by atomic mass is 9.85. The largest absolute Gasteiger partial charge is 0.493 e. The lowest BCUT2D eigenvalue weighted by molar-refractivity contribution is 0.355. The summed E-state index contributed by atoms with van der Waals surface area (Å²) in [5.74, 6) is 2.91. The molecule has 1 heterocycles. The molecule has 4 aromatic carbocycles. The van der Waals surface area contributed by atoms with E-state index in [1.807, 2.05) is 0 Å². The van der Waals surface area contributed by atoms with Gasteiger partial charge in [-0.25, -0.2) is 0 Å². The maximum absolute atomic E-state index is 5.94. The molecule has 0 bridgehead atoms. The average molecular weight is 444 g/mol. The Balaban J connectivity index is 2.00. The third-order valence-electron chi connectivity index (χ3n) is 6.71. The monoisotopic (exact) mass is 443 g/mol. The summed E-state index contributed by atoms with van der Waals surface area (Å²) < 4.78 is 23.1. The van der Waals surface area contributed by atoms with Crippen molar-refractivity contribution in [3.05, 3.63) is 65.2 Å². The van der Waals surface area contributed by atoms with Crippen molar-refractivity contribution in [2.45, 2.75) is 12.8 Å². The molecular formula is C28H29NO4. The number of methoxy groups -OCH3 is 4. The normalized spacial score (nSPS) is 12.8. The van der Waals surface area contributed by atoms with E-state index >= 15 is 0 Å². The Labute approximate surface area is 194 Å². The molecule has 0 unspecified atom stereocenters. The van der Waals surface area contributed by atoms with Crippen molar-refractivity contribution in [1.82, 2.24) is 0 Å². The number of hydrogen-bond donors (Lipinski definition) is 0. The highest BCUT2D eigenvalue weighted by molar-refractivity contribution is 6.20. The summed E-state index contributed by atoms with van der Waals surface area (Å²) in [5, 5.41) is 4.49. The van der Waals surface area contributed by atoms with E-state index in [2.05, 4.69) is 60.5 Å². The molecular weight excluding hydrogens is 414 g/mol. The van der Waals surface area contributed by atoms with Crippen LogP contribution >= 0.6 is 0 Å². The molecule has 1 aliphatic heterocycles. The van der Waals surface area contributed by atoms with Gasteiger partial charge in [0.2, 0.25) is 0 Å². The van der Waals surface area contributed by atoms with Crippen LogP contribution in [0.25, 0.3) is 21.5 Å². The number of rotatable bonds is 6. The molecule has 5 nitrogen and oxygen atoms in total. The van der Waals surface area contributed by atoms with Gasteiger partial charge in [-0.3, -0.25) is 0 Å². The molecule has 0 atom stereocenters. The minimum atomic E-state index is 0.696. The number of benzene rings is 4. The van der Waals surface area contributed by atoms with Crippen molar-refractivity contribution in [2.24, 2.45) is 0 Å². The lowest BCUT2D eigenvalue weighted by Crippen LogP contribution is -2.26. The molecule has 0 spiro atoms. The number of hydrogen-bond acceptors (Lipinski definition) is 5. The quantitative estimate of drug-likeness (QED) is 0.362. The molecule has 1 aliphatic rings. The molecule has 0 aromatic heterocycles. The van der Waals surface area contributed by atoms with Crippen LogP contribution < -0.4 is 23.8 Å². The van der Waals surface area contributed by atoms with E-state index in [9.17, 15) is 0 Å². The Morgan fingerprint density at radius 3 is 2.06 bits per heavy atom. The highest BCUT2D eigenvalue weighted by atomic mass is 16.5. The Morgan fingerprint density at radius 1 is 0.758 bits per heavy atom. The Morgan fingerprint density at radius 2 is 1.42 bits per heavy atom. The van der Waals surface area contributed by atoms with Crippen LogP contribution in [0.4, 0.5) is 5.69 Å². The fraction of sp³-hybridized carbons (Fsp3) is 0.286. The second kappa shape index (κ2) is 8.39. The zero-order chi connectivity index (χ0) is 23.1. The second-order valence-electron chi connectivity index (χ2n) is 8.44. The Hall–Kier alpha value is -3.60. The summed E-state index contributed by atoms with van der Waals surface area (Å²) in [7, 11) is 8.93. The summed E-state index contributed by atoms with van der Waals surface area (Å²) in [5.41, 5.74) is 5.07. The molecule has 5 heteroatoms. The molecule has 5 rings (SSSR count). The van der Waals surface area contributed by atoms with E-state index in [1.165, 1.54) is 27.8 Å². The summed E-state index contributed by atoms with van der Waals surface area (Å²) in [6.07, 6.45) is 1.76. The van der Waals surface area contributed by atoms with Crippen molar-refractivity contribution in [1.29, 1.82) is 0 Å². The van der Waals surface area contributed by atoms with E-state index in [-0.39, 0.29) is 0 Å². The van der Waals surface area contributed by atoms with Crippen molar-refractivity contribution in [3.63, 3.8) is 0 Å². The smallest absolute Gasteiger partial charge is 0.169 e. The van der Waals surface area contributed by atoms with Crippen LogP contribution in [0.5, 0.6) is 23.0 Å². The van der Waals surface area contributed by atoms with Crippen LogP contribution in [0.1, 0.15) is 16.7 Å². The van der Waals surface area contributed by atoms with Gasteiger partial charge in [-0.2, -0.15) is 0 Å². The number of anilines is 1. The van der Waals surface area contributed by atoms with Gasteiger partial charge in [-0.1, -0.05) is 30.3 Å². The second-order valence-corrected chi connectivity index (χ2v) is 8.44. The molecule has 0 radical (unpaired) electrons. The van der Waals surface area contributed by atoms with Gasteiger partial charge in [0, 0.05) is 36.5 Å². The first-order valence-corrected chi connectivity index (χ1v) is 11.1. The highest BCUT2D eigenvalue weighted by Crippen LogP contribution is 2.51. The summed E-state index contributed by atoms with van der Waals surface area (Å²) >= 11 is 0. The zero-order valence-corrected chi connectivity index (χ0v) is 19.8. The van der Waals surface area contributed by atoms with Gasteiger partial charge >= 0.3 is 0 Å². The predicted molar refractivity (Wildman–Crippen MR) is 134 cm³/mol. The van der Waals surface area contributed by atoms with Gasteiger partial charge in [0.05, 0.1) is 28.4 Å². The zero-order valence-electron chi connectivity index (χ0n) is 19.8. The van der Waals surface area contributed by atoms with E-state index < -0.39 is 0 Å². The van der Waals surface area contributed by atoms with Crippen molar-refractivity contribution < 1.29 is 18.9 Å². The van der Waals surface area contributed by atoms with Crippen LogP contribution in [0.15, 0.2) is 48.5 Å². The summed E-state index contributed by atoms with van der Waals surface area (Å²) in [6, 6.07) is 16.9. The number of nitrogens with zero attached hydrogens (tertiary/aromatic N) is 1. The topological polar surface area (TPSA) is 40.2 Å². The molecule has 33 heavy (non-hydrogen) atoms. The molecule has 0 aliphatic carbocycles. The van der Waals surface area contributed by atoms with Crippen molar-refractivity contribution >= 4 is 27.2 Å². The molecule has 0 N–H and O–H groups in total. The number of likely N-dealkylation sites (N-methyl/N-ethyl adjacent to an activating group) is 1. The highest BCUT2D eigenvalue weighted by Gasteiger charge is 2.28. The standard InChI is InChI=1S/C28H29NO4/c1-29-12-11-18-14-24(32-4)28(33-5)26-20-16-23(31-3)22(30-2)15-19(20)21(27(29)25(18)26)13-17-9-7-6-8-10-17/h6-10,14-16H,11-13H2,1-5H3. The van der Waals surface area contributed by atoms with E-state index in [4.69, 9.17) is 18.9 Å². The Kier molecular flexibility index (Phi) is 5.41. The fourth-order valence-corrected chi connectivity index (χ4v) is 5.19. The van der Waals surface area contributed by atoms with Gasteiger partial charge in [0.25, 0.3) is 0 Å². The van der Waals surface area contributed by atoms with E-state index in [0.29, 0.717) is 11.5 Å². The van der Waals surface area contributed by atoms with Gasteiger partial charge in [-0.15, -0.1) is 0 Å². The third kappa shape index (κ3) is 3.30. The predicted octanol–water partition coefficient (Wildman–Crippen LogP) is 5.61. The van der Waals surface area contributed by atoms with E-state index in [0.717, 1.165) is 47.0 Å². The Bertz CT molecular complexity index is 1350. The molecule has 4 aromatic rings. The number of ether oxygens (including phenoxy) is 4. The first-order chi connectivity index (χ1) is 16.1. The van der Waals surface area contributed by atoms with Crippen molar-refractivity contribution in [3.8, 4) is 23.0 Å². The van der Waals surface area contributed by atoms with Crippen LogP contribution in [0, 0.1) is 0 Å². The van der Waals surface area contributed by atoms with Crippen molar-refractivity contribution in [2.75, 3.05) is 46.9 Å². The minimum absolute atomic E-state index is 0.696. The van der Waals surface area contributed by atoms with Gasteiger partial charge < -0.3 is 23.8 Å². The third-order valence-corrected chi connectivity index (χ3v) is 6.71.